The molecule has 19 heavy (non-hydrogen) atoms. The van der Waals surface area contributed by atoms with Gasteiger partial charge in [0.25, 0.3) is 0 Å². The highest BCUT2D eigenvalue weighted by molar-refractivity contribution is 6.17. The van der Waals surface area contributed by atoms with E-state index in [9.17, 15) is 0 Å². The second-order valence-corrected chi connectivity index (χ2v) is 6.24. The van der Waals surface area contributed by atoms with Gasteiger partial charge in [-0.15, -0.1) is 11.6 Å². The highest BCUT2D eigenvalue weighted by Gasteiger charge is 2.23. The van der Waals surface area contributed by atoms with Crippen molar-refractivity contribution in [1.29, 1.82) is 0 Å². The fraction of sp³-hybridized carbons (Fsp3) is 0.688. The quantitative estimate of drug-likeness (QED) is 0.707. The van der Waals surface area contributed by atoms with Gasteiger partial charge in [0.1, 0.15) is 5.82 Å². The Morgan fingerprint density at radius 2 is 2.05 bits per heavy atom. The van der Waals surface area contributed by atoms with Crippen LogP contribution in [0, 0.1) is 5.92 Å². The minimum Gasteiger partial charge on any atom is -0.354 e. The van der Waals surface area contributed by atoms with Gasteiger partial charge >= 0.3 is 0 Å². The molecule has 1 saturated carbocycles. The molecule has 0 bridgehead atoms. The molecule has 1 aromatic heterocycles. The van der Waals surface area contributed by atoms with Crippen molar-refractivity contribution < 1.29 is 0 Å². The summed E-state index contributed by atoms with van der Waals surface area (Å²) in [5, 5.41) is 0. The Labute approximate surface area is 122 Å². The smallest absolute Gasteiger partial charge is 0.128 e. The number of hydrogen-bond donors (Lipinski definition) is 0. The van der Waals surface area contributed by atoms with Crippen molar-refractivity contribution >= 4 is 17.4 Å². The molecule has 2 rings (SSSR count). The van der Waals surface area contributed by atoms with Gasteiger partial charge in [-0.2, -0.15) is 0 Å². The molecule has 1 fully saturated rings. The van der Waals surface area contributed by atoms with Crippen molar-refractivity contribution in [3.05, 3.63) is 23.9 Å². The number of alkyl halides is 1. The van der Waals surface area contributed by atoms with E-state index < -0.39 is 0 Å². The lowest BCUT2D eigenvalue weighted by atomic mass is 10.1. The predicted octanol–water partition coefficient (Wildman–Crippen LogP) is 4.62. The van der Waals surface area contributed by atoms with E-state index in [-0.39, 0.29) is 0 Å². The molecule has 3 heteroatoms. The summed E-state index contributed by atoms with van der Waals surface area (Å²) < 4.78 is 0. The molecule has 0 amide bonds. The highest BCUT2D eigenvalue weighted by Crippen LogP contribution is 2.28. The van der Waals surface area contributed by atoms with Crippen LogP contribution in [0.4, 0.5) is 5.82 Å². The highest BCUT2D eigenvalue weighted by atomic mass is 35.5. The fourth-order valence-corrected chi connectivity index (χ4v) is 2.92. The monoisotopic (exact) mass is 280 g/mol. The normalized spacial score (nSPS) is 16.2. The minimum atomic E-state index is 0.544. The largest absolute Gasteiger partial charge is 0.354 e. The first-order valence-corrected chi connectivity index (χ1v) is 8.01. The summed E-state index contributed by atoms with van der Waals surface area (Å²) in [5.41, 5.74) is 1.10. The topological polar surface area (TPSA) is 16.1 Å². The van der Waals surface area contributed by atoms with E-state index in [4.69, 9.17) is 11.6 Å². The van der Waals surface area contributed by atoms with Gasteiger partial charge in [-0.1, -0.05) is 32.8 Å². The second kappa shape index (κ2) is 7.14. The maximum atomic E-state index is 5.84. The predicted molar refractivity (Wildman–Crippen MR) is 82.9 cm³/mol. The van der Waals surface area contributed by atoms with E-state index in [0.29, 0.717) is 11.9 Å². The van der Waals surface area contributed by atoms with Crippen LogP contribution in [0.1, 0.15) is 51.5 Å². The van der Waals surface area contributed by atoms with Crippen molar-refractivity contribution in [2.75, 3.05) is 11.4 Å². The van der Waals surface area contributed by atoms with E-state index in [2.05, 4.69) is 35.9 Å². The lowest BCUT2D eigenvalue weighted by Crippen LogP contribution is -2.35. The summed E-state index contributed by atoms with van der Waals surface area (Å²) in [6, 6.07) is 4.93. The molecule has 1 aromatic rings. The Kier molecular flexibility index (Phi) is 5.50. The third kappa shape index (κ3) is 4.10. The van der Waals surface area contributed by atoms with E-state index in [1.165, 1.54) is 32.1 Å². The van der Waals surface area contributed by atoms with Crippen LogP contribution >= 0.6 is 11.6 Å². The van der Waals surface area contributed by atoms with Crippen LogP contribution in [-0.4, -0.2) is 17.6 Å². The molecule has 0 radical (unpaired) electrons. The molecule has 0 saturated heterocycles. The Morgan fingerprint density at radius 1 is 1.32 bits per heavy atom. The van der Waals surface area contributed by atoms with Crippen LogP contribution in [0.5, 0.6) is 0 Å². The molecule has 0 N–H and O–H groups in total. The number of nitrogens with zero attached hydrogens (tertiary/aromatic N) is 2. The van der Waals surface area contributed by atoms with Crippen LogP contribution in [-0.2, 0) is 5.88 Å². The van der Waals surface area contributed by atoms with Gasteiger partial charge in [-0.25, -0.2) is 4.98 Å². The van der Waals surface area contributed by atoms with Crippen LogP contribution < -0.4 is 4.90 Å². The average molecular weight is 281 g/mol. The molecular formula is C16H25ClN2. The van der Waals surface area contributed by atoms with Crippen LogP contribution in [0.15, 0.2) is 18.3 Å². The molecule has 0 spiro atoms. The molecule has 1 aliphatic carbocycles. The van der Waals surface area contributed by atoms with Crippen LogP contribution in [0.25, 0.3) is 0 Å². The van der Waals surface area contributed by atoms with Gasteiger partial charge in [0.15, 0.2) is 0 Å². The first-order chi connectivity index (χ1) is 9.20. The standard InChI is InChI=1S/C16H25ClN2/c1-13(2)9-10-19(15-5-3-4-6-15)16-8-7-14(11-17)12-18-16/h7-8,12-13,15H,3-6,9-11H2,1-2H3. The number of pyridine rings is 1. The number of hydrogen-bond acceptors (Lipinski definition) is 2. The van der Waals surface area contributed by atoms with Crippen LogP contribution in [0.3, 0.4) is 0 Å². The number of halogens is 1. The maximum absolute atomic E-state index is 5.84. The SMILES string of the molecule is CC(C)CCN(c1ccc(CCl)cn1)C1CCCC1. The second-order valence-electron chi connectivity index (χ2n) is 5.97. The zero-order valence-corrected chi connectivity index (χ0v) is 12.9. The Balaban J connectivity index is 2.09. The summed E-state index contributed by atoms with van der Waals surface area (Å²) in [7, 11) is 0. The summed E-state index contributed by atoms with van der Waals surface area (Å²) >= 11 is 5.84. The van der Waals surface area contributed by atoms with E-state index >= 15 is 0 Å². The Hall–Kier alpha value is -0.760. The number of anilines is 1. The third-order valence-electron chi connectivity index (χ3n) is 3.97. The molecule has 0 aromatic carbocycles. The van der Waals surface area contributed by atoms with Crippen molar-refractivity contribution in [2.45, 2.75) is 57.9 Å². The van der Waals surface area contributed by atoms with E-state index in [0.717, 1.165) is 23.8 Å². The minimum absolute atomic E-state index is 0.544. The Morgan fingerprint density at radius 3 is 2.58 bits per heavy atom. The van der Waals surface area contributed by atoms with Gasteiger partial charge in [0.05, 0.1) is 0 Å². The number of rotatable bonds is 6. The van der Waals surface area contributed by atoms with Gasteiger partial charge in [0, 0.05) is 24.7 Å². The van der Waals surface area contributed by atoms with Crippen molar-refractivity contribution in [1.82, 2.24) is 4.98 Å². The van der Waals surface area contributed by atoms with Gasteiger partial charge in [-0.05, 0) is 36.8 Å². The summed E-state index contributed by atoms with van der Waals surface area (Å²) in [6.07, 6.45) is 8.51. The van der Waals surface area contributed by atoms with Crippen molar-refractivity contribution in [3.63, 3.8) is 0 Å². The first kappa shape index (κ1) is 14.6. The molecule has 2 nitrogen and oxygen atoms in total. The molecule has 106 valence electrons. The zero-order valence-electron chi connectivity index (χ0n) is 12.1. The Bertz CT molecular complexity index is 369. The lowest BCUT2D eigenvalue weighted by Gasteiger charge is -2.31. The average Bonchev–Trinajstić information content (AvgIpc) is 2.93. The summed E-state index contributed by atoms with van der Waals surface area (Å²) in [5.74, 6) is 2.41. The molecular weight excluding hydrogens is 256 g/mol. The first-order valence-electron chi connectivity index (χ1n) is 7.48. The molecule has 1 aliphatic rings. The third-order valence-corrected chi connectivity index (χ3v) is 4.28. The van der Waals surface area contributed by atoms with E-state index in [1.807, 2.05) is 6.20 Å². The van der Waals surface area contributed by atoms with Crippen molar-refractivity contribution in [2.24, 2.45) is 5.92 Å². The van der Waals surface area contributed by atoms with Gasteiger partial charge in [-0.3, -0.25) is 0 Å². The van der Waals surface area contributed by atoms with Gasteiger partial charge < -0.3 is 4.90 Å². The molecule has 1 heterocycles. The molecule has 0 aliphatic heterocycles. The summed E-state index contributed by atoms with van der Waals surface area (Å²) in [4.78, 5) is 7.13. The van der Waals surface area contributed by atoms with Gasteiger partial charge in [0.2, 0.25) is 0 Å². The molecule has 0 unspecified atom stereocenters. The summed E-state index contributed by atoms with van der Waals surface area (Å²) in [6.45, 7) is 5.70. The number of aromatic nitrogens is 1. The van der Waals surface area contributed by atoms with E-state index in [1.54, 1.807) is 0 Å². The molecule has 0 atom stereocenters. The zero-order chi connectivity index (χ0) is 13.7. The van der Waals surface area contributed by atoms with Crippen LogP contribution in [0.2, 0.25) is 0 Å². The fourth-order valence-electron chi connectivity index (χ4n) is 2.76. The maximum Gasteiger partial charge on any atom is 0.128 e. The van der Waals surface area contributed by atoms with Crippen molar-refractivity contribution in [3.8, 4) is 0 Å². The lowest BCUT2D eigenvalue weighted by molar-refractivity contribution is 0.525.